The van der Waals surface area contributed by atoms with E-state index in [4.69, 9.17) is 11.6 Å². The van der Waals surface area contributed by atoms with Crippen LogP contribution < -0.4 is 5.32 Å². The summed E-state index contributed by atoms with van der Waals surface area (Å²) in [4.78, 5) is 27.5. The van der Waals surface area contributed by atoms with E-state index >= 15 is 0 Å². The molecule has 0 bridgehead atoms. The molecule has 0 unspecified atom stereocenters. The van der Waals surface area contributed by atoms with Gasteiger partial charge < -0.3 is 5.32 Å². The van der Waals surface area contributed by atoms with Crippen LogP contribution in [0.15, 0.2) is 28.3 Å². The monoisotopic (exact) mass is 436 g/mol. The van der Waals surface area contributed by atoms with Crippen molar-refractivity contribution in [3.8, 4) is 0 Å². The van der Waals surface area contributed by atoms with Crippen molar-refractivity contribution in [1.82, 2.24) is 5.01 Å². The van der Waals surface area contributed by atoms with Crippen LogP contribution in [0, 0.1) is 0 Å². The Morgan fingerprint density at radius 2 is 2.19 bits per heavy atom. The van der Waals surface area contributed by atoms with E-state index in [-0.39, 0.29) is 22.4 Å². The van der Waals surface area contributed by atoms with Gasteiger partial charge in [0.25, 0.3) is 0 Å². The van der Waals surface area contributed by atoms with Gasteiger partial charge in [0.15, 0.2) is 9.54 Å². The Labute approximate surface area is 165 Å². The molecule has 2 aliphatic heterocycles. The number of amidine groups is 1. The molecule has 0 saturated heterocycles. The van der Waals surface area contributed by atoms with Gasteiger partial charge in [0.2, 0.25) is 11.8 Å². The third-order valence-electron chi connectivity index (χ3n) is 3.48. The van der Waals surface area contributed by atoms with Crippen LogP contribution in [0.5, 0.6) is 0 Å². The predicted molar refractivity (Wildman–Crippen MR) is 101 cm³/mol. The Morgan fingerprint density at radius 3 is 2.93 bits per heavy atom. The molecular formula is C15H12ClF3N4O2S2. The molecule has 0 saturated carbocycles. The first-order valence-corrected chi connectivity index (χ1v) is 9.85. The number of hydrogen-bond acceptors (Lipinski definition) is 6. The molecule has 0 atom stereocenters. The van der Waals surface area contributed by atoms with Gasteiger partial charge >= 0.3 is 6.18 Å². The number of anilines is 1. The van der Waals surface area contributed by atoms with Gasteiger partial charge in [0, 0.05) is 13.0 Å². The Balaban J connectivity index is 1.59. The normalized spacial score (nSPS) is 17.2. The van der Waals surface area contributed by atoms with Crippen LogP contribution in [0.25, 0.3) is 0 Å². The minimum atomic E-state index is -4.53. The van der Waals surface area contributed by atoms with Crippen molar-refractivity contribution >= 4 is 62.2 Å². The number of hydrazone groups is 1. The minimum Gasteiger partial charge on any atom is -0.324 e. The lowest BCUT2D eigenvalue weighted by Crippen LogP contribution is -2.18. The summed E-state index contributed by atoms with van der Waals surface area (Å²) in [6.45, 7) is 0.563. The van der Waals surface area contributed by atoms with Crippen LogP contribution in [0.1, 0.15) is 18.4 Å². The highest BCUT2D eigenvalue weighted by Crippen LogP contribution is 2.34. The number of carbonyl (C=O) groups is 2. The van der Waals surface area contributed by atoms with Gasteiger partial charge in [0.1, 0.15) is 0 Å². The van der Waals surface area contributed by atoms with E-state index in [1.165, 1.54) is 11.8 Å². The number of alkyl halides is 3. The average molecular weight is 437 g/mol. The summed E-state index contributed by atoms with van der Waals surface area (Å²) in [5.41, 5.74) is -1.01. The first-order valence-electron chi connectivity index (χ1n) is 7.67. The zero-order valence-electron chi connectivity index (χ0n) is 13.5. The van der Waals surface area contributed by atoms with E-state index in [1.807, 2.05) is 0 Å². The second-order valence-corrected chi connectivity index (χ2v) is 8.10. The molecule has 0 radical (unpaired) electrons. The van der Waals surface area contributed by atoms with E-state index in [0.717, 1.165) is 30.0 Å². The number of benzene rings is 1. The first kappa shape index (κ1) is 20.0. The molecule has 2 amide bonds. The summed E-state index contributed by atoms with van der Waals surface area (Å²) in [5, 5.41) is 8.75. The number of rotatable bonds is 3. The summed E-state index contributed by atoms with van der Waals surface area (Å²) in [6.07, 6.45) is -3.52. The third-order valence-corrected chi connectivity index (χ3v) is 5.89. The maximum atomic E-state index is 12.8. The Bertz CT molecular complexity index is 845. The van der Waals surface area contributed by atoms with Gasteiger partial charge in [-0.1, -0.05) is 23.4 Å². The lowest BCUT2D eigenvalue weighted by Gasteiger charge is -2.11. The average Bonchev–Trinajstić information content (AvgIpc) is 2.87. The van der Waals surface area contributed by atoms with Crippen LogP contribution in [0.3, 0.4) is 0 Å². The van der Waals surface area contributed by atoms with Crippen LogP contribution in [-0.4, -0.2) is 38.7 Å². The summed E-state index contributed by atoms with van der Waals surface area (Å²) < 4.78 is 38.9. The molecule has 27 heavy (non-hydrogen) atoms. The molecule has 0 spiro atoms. The number of nitrogens with one attached hydrogen (secondary N) is 1. The molecule has 0 fully saturated rings. The van der Waals surface area contributed by atoms with Crippen LogP contribution >= 0.6 is 35.1 Å². The molecule has 12 heteroatoms. The Kier molecular flexibility index (Phi) is 6.02. The van der Waals surface area contributed by atoms with Crippen LogP contribution in [0.4, 0.5) is 18.9 Å². The molecular weight excluding hydrogens is 425 g/mol. The maximum Gasteiger partial charge on any atom is 0.416 e. The molecule has 1 aromatic rings. The number of hydrogen-bond donors (Lipinski definition) is 1. The molecule has 3 rings (SSSR count). The second kappa shape index (κ2) is 8.11. The Hall–Kier alpha value is -1.72. The molecule has 1 N–H and O–H groups in total. The zero-order valence-corrected chi connectivity index (χ0v) is 15.9. The smallest absolute Gasteiger partial charge is 0.324 e. The van der Waals surface area contributed by atoms with Crippen molar-refractivity contribution in [3.05, 3.63) is 28.8 Å². The van der Waals surface area contributed by atoms with Gasteiger partial charge in [-0.15, -0.1) is 0 Å². The summed E-state index contributed by atoms with van der Waals surface area (Å²) in [5.74, 6) is -0.809. The van der Waals surface area contributed by atoms with E-state index in [9.17, 15) is 22.8 Å². The fourth-order valence-corrected chi connectivity index (χ4v) is 4.20. The van der Waals surface area contributed by atoms with Crippen molar-refractivity contribution < 1.29 is 22.8 Å². The van der Waals surface area contributed by atoms with Crippen LogP contribution in [-0.2, 0) is 15.8 Å². The number of halogens is 4. The van der Waals surface area contributed by atoms with Gasteiger partial charge in [-0.25, -0.2) is 5.01 Å². The largest absolute Gasteiger partial charge is 0.416 e. The number of nitrogens with zero attached hydrogens (tertiary/aromatic N) is 3. The van der Waals surface area contributed by atoms with E-state index in [1.54, 1.807) is 5.01 Å². The first-order chi connectivity index (χ1) is 12.7. The van der Waals surface area contributed by atoms with E-state index in [2.05, 4.69) is 15.4 Å². The molecule has 0 aromatic heterocycles. The fourth-order valence-electron chi connectivity index (χ4n) is 2.23. The van der Waals surface area contributed by atoms with Gasteiger partial charge in [-0.3, -0.25) is 9.59 Å². The number of fused-ring (bicyclic) bond motifs is 1. The molecule has 2 heterocycles. The minimum absolute atomic E-state index is 0.00943. The predicted octanol–water partition coefficient (Wildman–Crippen LogP) is 4.03. The number of carbonyl (C=O) groups excluding carboxylic acids is 2. The van der Waals surface area contributed by atoms with E-state index < -0.39 is 17.6 Å². The lowest BCUT2D eigenvalue weighted by molar-refractivity contribution is -0.137. The number of aliphatic imine (C=N–C) groups is 1. The highest BCUT2D eigenvalue weighted by atomic mass is 35.5. The third kappa shape index (κ3) is 5.17. The lowest BCUT2D eigenvalue weighted by atomic mass is 10.2. The summed E-state index contributed by atoms with van der Waals surface area (Å²) in [6, 6.07) is 2.72. The van der Waals surface area contributed by atoms with E-state index in [0.29, 0.717) is 28.9 Å². The number of thioether (sulfide) groups is 2. The van der Waals surface area contributed by atoms with Crippen molar-refractivity contribution in [1.29, 1.82) is 0 Å². The highest BCUT2D eigenvalue weighted by Gasteiger charge is 2.31. The molecule has 144 valence electrons. The standard InChI is InChI=1S/C15H12ClF3N4O2S2/c16-9-4-3-8(15(17,18)19)6-10(9)20-12(25)7-26-14-22-23-5-1-2-11(24)21-13(23)27-14/h3-4,6H,1-2,5,7H2,(H,20,25). The van der Waals surface area contributed by atoms with Gasteiger partial charge in [-0.2, -0.15) is 23.3 Å². The second-order valence-electron chi connectivity index (χ2n) is 5.51. The highest BCUT2D eigenvalue weighted by molar-refractivity contribution is 8.45. The van der Waals surface area contributed by atoms with Gasteiger partial charge in [0.05, 0.1) is 22.0 Å². The van der Waals surface area contributed by atoms with Crippen molar-refractivity contribution in [2.75, 3.05) is 17.6 Å². The molecule has 2 aliphatic rings. The summed E-state index contributed by atoms with van der Waals surface area (Å²) in [7, 11) is 0. The molecule has 6 nitrogen and oxygen atoms in total. The van der Waals surface area contributed by atoms with Crippen LogP contribution in [0.2, 0.25) is 5.02 Å². The van der Waals surface area contributed by atoms with Crippen molar-refractivity contribution in [2.45, 2.75) is 19.0 Å². The number of amides is 2. The Morgan fingerprint density at radius 1 is 1.41 bits per heavy atom. The maximum absolute atomic E-state index is 12.8. The SMILES string of the molecule is O=C1CCCN2N=C(SCC(=O)Nc3cc(C(F)(F)F)ccc3Cl)SC2=N1. The quantitative estimate of drug-likeness (QED) is 0.774. The van der Waals surface area contributed by atoms with Gasteiger partial charge in [-0.05, 0) is 36.4 Å². The zero-order chi connectivity index (χ0) is 19.6. The summed E-state index contributed by atoms with van der Waals surface area (Å²) >= 11 is 8.14. The fraction of sp³-hybridized carbons (Fsp3) is 0.333. The molecule has 0 aliphatic carbocycles. The van der Waals surface area contributed by atoms with Crippen molar-refractivity contribution in [3.63, 3.8) is 0 Å². The molecule has 1 aromatic carbocycles. The topological polar surface area (TPSA) is 74.1 Å². The van der Waals surface area contributed by atoms with Crippen molar-refractivity contribution in [2.24, 2.45) is 10.1 Å².